The van der Waals surface area contributed by atoms with E-state index in [0.717, 1.165) is 11.7 Å². The van der Waals surface area contributed by atoms with E-state index in [1.165, 1.54) is 49.7 Å². The van der Waals surface area contributed by atoms with Gasteiger partial charge in [-0.15, -0.1) is 0 Å². The molecule has 0 radical (unpaired) electrons. The molecule has 0 amide bonds. The van der Waals surface area contributed by atoms with Crippen LogP contribution < -0.4 is 4.74 Å². The molecule has 1 aromatic carbocycles. The molecule has 0 unspecified atom stereocenters. The minimum Gasteiger partial charge on any atom is -0.488 e. The Balaban J connectivity index is 1.93. The molecular weight excluding hydrogens is 268 g/mol. The van der Waals surface area contributed by atoms with Crippen LogP contribution in [-0.4, -0.2) is 5.60 Å². The van der Waals surface area contributed by atoms with Crippen molar-refractivity contribution in [3.8, 4) is 5.75 Å². The third kappa shape index (κ3) is 5.19. The van der Waals surface area contributed by atoms with Gasteiger partial charge in [0.1, 0.15) is 11.4 Å². The largest absolute Gasteiger partial charge is 0.488 e. The number of hydrogen-bond donors (Lipinski definition) is 0. The SMILES string of the molecule is C=C(CC1CCCCC1)[C@H](C)c1ccc(OC(C)(C)C)cc1. The van der Waals surface area contributed by atoms with Crippen molar-refractivity contribution in [2.45, 2.75) is 77.7 Å². The van der Waals surface area contributed by atoms with Crippen LogP contribution in [0.5, 0.6) is 5.75 Å². The van der Waals surface area contributed by atoms with E-state index in [2.05, 4.69) is 58.5 Å². The third-order valence-electron chi connectivity index (χ3n) is 4.69. The predicted octanol–water partition coefficient (Wildman–Crippen LogP) is 6.49. The first-order chi connectivity index (χ1) is 10.3. The molecule has 1 nitrogen and oxygen atoms in total. The van der Waals surface area contributed by atoms with Gasteiger partial charge in [-0.1, -0.05) is 63.3 Å². The first-order valence-electron chi connectivity index (χ1n) is 8.82. The molecule has 1 aliphatic rings. The van der Waals surface area contributed by atoms with Crippen molar-refractivity contribution in [2.75, 3.05) is 0 Å². The van der Waals surface area contributed by atoms with Gasteiger partial charge in [0.2, 0.25) is 0 Å². The van der Waals surface area contributed by atoms with Gasteiger partial charge in [0, 0.05) is 5.92 Å². The summed E-state index contributed by atoms with van der Waals surface area (Å²) in [6, 6.07) is 8.56. The lowest BCUT2D eigenvalue weighted by molar-refractivity contribution is 0.131. The van der Waals surface area contributed by atoms with Gasteiger partial charge in [-0.2, -0.15) is 0 Å². The highest BCUT2D eigenvalue weighted by Gasteiger charge is 2.18. The Bertz CT molecular complexity index is 472. The van der Waals surface area contributed by atoms with E-state index in [9.17, 15) is 0 Å². The molecular formula is C21H32O. The van der Waals surface area contributed by atoms with Crippen molar-refractivity contribution in [1.82, 2.24) is 0 Å². The third-order valence-corrected chi connectivity index (χ3v) is 4.69. The van der Waals surface area contributed by atoms with E-state index in [1.807, 2.05) is 0 Å². The number of rotatable bonds is 5. The molecule has 2 rings (SSSR count). The molecule has 1 aliphatic carbocycles. The second-order valence-electron chi connectivity index (χ2n) is 7.87. The summed E-state index contributed by atoms with van der Waals surface area (Å²) in [7, 11) is 0. The smallest absolute Gasteiger partial charge is 0.120 e. The van der Waals surface area contributed by atoms with E-state index in [-0.39, 0.29) is 5.60 Å². The molecule has 1 atom stereocenters. The summed E-state index contributed by atoms with van der Waals surface area (Å²) in [5.41, 5.74) is 2.59. The van der Waals surface area contributed by atoms with Crippen molar-refractivity contribution in [3.63, 3.8) is 0 Å². The number of hydrogen-bond acceptors (Lipinski definition) is 1. The average molecular weight is 300 g/mol. The standard InChI is InChI=1S/C21H32O/c1-16(15-18-9-7-6-8-10-18)17(2)19-11-13-20(14-12-19)22-21(3,4)5/h11-14,17-18H,1,6-10,15H2,2-5H3/t17-/m0/s1. The minimum absolute atomic E-state index is 0.141. The number of benzene rings is 1. The lowest BCUT2D eigenvalue weighted by atomic mass is 9.81. The highest BCUT2D eigenvalue weighted by molar-refractivity contribution is 5.33. The Morgan fingerprint density at radius 1 is 1.14 bits per heavy atom. The Morgan fingerprint density at radius 2 is 1.73 bits per heavy atom. The molecule has 0 spiro atoms. The fraction of sp³-hybridized carbons (Fsp3) is 0.619. The van der Waals surface area contributed by atoms with Crippen LogP contribution >= 0.6 is 0 Å². The molecule has 122 valence electrons. The van der Waals surface area contributed by atoms with E-state index in [1.54, 1.807) is 0 Å². The van der Waals surface area contributed by atoms with Crippen LogP contribution in [-0.2, 0) is 0 Å². The zero-order chi connectivity index (χ0) is 16.2. The normalized spacial score (nSPS) is 18.0. The topological polar surface area (TPSA) is 9.23 Å². The molecule has 1 heteroatoms. The van der Waals surface area contributed by atoms with Crippen molar-refractivity contribution in [3.05, 3.63) is 42.0 Å². The fourth-order valence-corrected chi connectivity index (χ4v) is 3.35. The van der Waals surface area contributed by atoms with Crippen LogP contribution in [0.4, 0.5) is 0 Å². The van der Waals surface area contributed by atoms with Gasteiger partial charge in [-0.3, -0.25) is 0 Å². The lowest BCUT2D eigenvalue weighted by Crippen LogP contribution is -2.22. The summed E-state index contributed by atoms with van der Waals surface area (Å²) in [4.78, 5) is 0. The van der Waals surface area contributed by atoms with Crippen LogP contribution in [0.2, 0.25) is 0 Å². The summed E-state index contributed by atoms with van der Waals surface area (Å²) >= 11 is 0. The highest BCUT2D eigenvalue weighted by Crippen LogP contribution is 2.34. The number of ether oxygens (including phenoxy) is 1. The maximum atomic E-state index is 5.90. The molecule has 0 N–H and O–H groups in total. The molecule has 0 aromatic heterocycles. The zero-order valence-electron chi connectivity index (χ0n) is 14.8. The summed E-state index contributed by atoms with van der Waals surface area (Å²) in [5.74, 6) is 2.25. The molecule has 1 aromatic rings. The molecule has 1 saturated carbocycles. The van der Waals surface area contributed by atoms with Crippen molar-refractivity contribution in [2.24, 2.45) is 5.92 Å². The molecule has 22 heavy (non-hydrogen) atoms. The van der Waals surface area contributed by atoms with Crippen LogP contribution in [0.1, 0.15) is 77.7 Å². The fourth-order valence-electron chi connectivity index (χ4n) is 3.35. The minimum atomic E-state index is -0.141. The van der Waals surface area contributed by atoms with Crippen molar-refractivity contribution >= 4 is 0 Å². The van der Waals surface area contributed by atoms with Gasteiger partial charge in [0.15, 0.2) is 0 Å². The van der Waals surface area contributed by atoms with E-state index >= 15 is 0 Å². The molecule has 0 heterocycles. The maximum absolute atomic E-state index is 5.90. The van der Waals surface area contributed by atoms with Crippen molar-refractivity contribution in [1.29, 1.82) is 0 Å². The first-order valence-corrected chi connectivity index (χ1v) is 8.82. The van der Waals surface area contributed by atoms with Crippen LogP contribution in [0.25, 0.3) is 0 Å². The van der Waals surface area contributed by atoms with Crippen molar-refractivity contribution < 1.29 is 4.74 Å². The lowest BCUT2D eigenvalue weighted by Gasteiger charge is -2.25. The zero-order valence-corrected chi connectivity index (χ0v) is 14.8. The Kier molecular flexibility index (Phi) is 5.72. The van der Waals surface area contributed by atoms with Gasteiger partial charge >= 0.3 is 0 Å². The highest BCUT2D eigenvalue weighted by atomic mass is 16.5. The quantitative estimate of drug-likeness (QED) is 0.564. The maximum Gasteiger partial charge on any atom is 0.120 e. The van der Waals surface area contributed by atoms with Gasteiger partial charge in [0.25, 0.3) is 0 Å². The van der Waals surface area contributed by atoms with E-state index in [0.29, 0.717) is 5.92 Å². The van der Waals surface area contributed by atoms with Crippen LogP contribution in [0.3, 0.4) is 0 Å². The molecule has 0 aliphatic heterocycles. The summed E-state index contributed by atoms with van der Waals surface area (Å²) in [6.45, 7) is 12.9. The van der Waals surface area contributed by atoms with Crippen LogP contribution in [0.15, 0.2) is 36.4 Å². The second-order valence-corrected chi connectivity index (χ2v) is 7.87. The molecule has 0 bridgehead atoms. The van der Waals surface area contributed by atoms with Gasteiger partial charge in [0.05, 0.1) is 0 Å². The predicted molar refractivity (Wildman–Crippen MR) is 95.6 cm³/mol. The van der Waals surface area contributed by atoms with Gasteiger partial charge in [-0.25, -0.2) is 0 Å². The van der Waals surface area contributed by atoms with Gasteiger partial charge in [-0.05, 0) is 50.8 Å². The first kappa shape index (κ1) is 17.1. The Morgan fingerprint density at radius 3 is 2.27 bits per heavy atom. The molecule has 1 fully saturated rings. The molecule has 0 saturated heterocycles. The van der Waals surface area contributed by atoms with E-state index in [4.69, 9.17) is 4.74 Å². The number of allylic oxidation sites excluding steroid dienone is 1. The Labute approximate surface area is 136 Å². The Hall–Kier alpha value is -1.24. The second kappa shape index (κ2) is 7.35. The average Bonchev–Trinajstić information content (AvgIpc) is 2.46. The summed E-state index contributed by atoms with van der Waals surface area (Å²) in [5, 5.41) is 0. The summed E-state index contributed by atoms with van der Waals surface area (Å²) in [6.07, 6.45) is 8.22. The van der Waals surface area contributed by atoms with E-state index < -0.39 is 0 Å². The summed E-state index contributed by atoms with van der Waals surface area (Å²) < 4.78 is 5.90. The van der Waals surface area contributed by atoms with Crippen LogP contribution in [0, 0.1) is 5.92 Å². The van der Waals surface area contributed by atoms with Gasteiger partial charge < -0.3 is 4.74 Å². The monoisotopic (exact) mass is 300 g/mol.